The fraction of sp³-hybridized carbons (Fsp3) is 0.562. The molecule has 4 nitrogen and oxygen atoms in total. The van der Waals surface area contributed by atoms with Crippen LogP contribution in [0.4, 0.5) is 4.79 Å². The summed E-state index contributed by atoms with van der Waals surface area (Å²) in [6.45, 7) is 7.55. The first kappa shape index (κ1) is 14.9. The number of carbonyl (C=O) groups excluding carboxylic acids is 1. The molecule has 2 rings (SSSR count). The van der Waals surface area contributed by atoms with E-state index in [0.29, 0.717) is 13.1 Å². The minimum absolute atomic E-state index is 0.233. The van der Waals surface area contributed by atoms with Crippen LogP contribution in [0.25, 0.3) is 0 Å². The number of nitrogens with two attached hydrogens (primary N) is 1. The van der Waals surface area contributed by atoms with Gasteiger partial charge in [0.15, 0.2) is 0 Å². The third-order valence-corrected chi connectivity index (χ3v) is 3.39. The van der Waals surface area contributed by atoms with Gasteiger partial charge in [0.2, 0.25) is 0 Å². The molecule has 4 heteroatoms. The van der Waals surface area contributed by atoms with E-state index in [0.717, 1.165) is 24.9 Å². The molecule has 2 N–H and O–H groups in total. The summed E-state index contributed by atoms with van der Waals surface area (Å²) in [5.74, 6) is 0. The van der Waals surface area contributed by atoms with Crippen LogP contribution in [0.2, 0.25) is 0 Å². The van der Waals surface area contributed by atoms with Crippen LogP contribution < -0.4 is 5.73 Å². The van der Waals surface area contributed by atoms with Crippen molar-refractivity contribution in [1.29, 1.82) is 0 Å². The molecule has 1 aromatic rings. The quantitative estimate of drug-likeness (QED) is 0.858. The number of benzene rings is 1. The van der Waals surface area contributed by atoms with E-state index in [1.165, 1.54) is 11.1 Å². The second kappa shape index (κ2) is 5.83. The largest absolute Gasteiger partial charge is 0.444 e. The molecule has 0 bridgehead atoms. The average Bonchev–Trinajstić information content (AvgIpc) is 2.57. The van der Waals surface area contributed by atoms with Crippen molar-refractivity contribution in [3.05, 3.63) is 34.9 Å². The van der Waals surface area contributed by atoms with Crippen molar-refractivity contribution in [1.82, 2.24) is 4.90 Å². The van der Waals surface area contributed by atoms with Gasteiger partial charge in [0.25, 0.3) is 0 Å². The number of ether oxygens (including phenoxy) is 1. The maximum absolute atomic E-state index is 12.2. The van der Waals surface area contributed by atoms with Crippen LogP contribution in [-0.4, -0.2) is 23.1 Å². The van der Waals surface area contributed by atoms with Crippen LogP contribution in [0.5, 0.6) is 0 Å². The third kappa shape index (κ3) is 3.73. The second-order valence-electron chi connectivity index (χ2n) is 6.31. The highest BCUT2D eigenvalue weighted by atomic mass is 16.6. The lowest BCUT2D eigenvalue weighted by Gasteiger charge is -2.26. The number of fused-ring (bicyclic) bond motifs is 1. The van der Waals surface area contributed by atoms with Crippen molar-refractivity contribution in [3.8, 4) is 0 Å². The molecule has 0 saturated heterocycles. The number of nitrogens with zero attached hydrogens (tertiary/aromatic N) is 1. The van der Waals surface area contributed by atoms with Gasteiger partial charge in [-0.05, 0) is 50.3 Å². The molecule has 1 aliphatic heterocycles. The molecule has 0 atom stereocenters. The number of hydrogen-bond donors (Lipinski definition) is 1. The van der Waals surface area contributed by atoms with E-state index in [1.54, 1.807) is 4.90 Å². The molecule has 0 spiro atoms. The van der Waals surface area contributed by atoms with Crippen molar-refractivity contribution in [2.75, 3.05) is 6.54 Å². The van der Waals surface area contributed by atoms with Crippen molar-refractivity contribution in [2.45, 2.75) is 52.3 Å². The lowest BCUT2D eigenvalue weighted by Crippen LogP contribution is -2.36. The molecule has 0 aliphatic carbocycles. The number of amides is 1. The highest BCUT2D eigenvalue weighted by Gasteiger charge is 2.24. The van der Waals surface area contributed by atoms with Crippen LogP contribution in [0.15, 0.2) is 18.2 Å². The maximum Gasteiger partial charge on any atom is 0.410 e. The number of hydrogen-bond acceptors (Lipinski definition) is 3. The van der Waals surface area contributed by atoms with Crippen molar-refractivity contribution in [2.24, 2.45) is 5.73 Å². The Morgan fingerprint density at radius 1 is 1.35 bits per heavy atom. The van der Waals surface area contributed by atoms with E-state index in [9.17, 15) is 4.79 Å². The van der Waals surface area contributed by atoms with Crippen LogP contribution in [0.1, 0.15) is 43.9 Å². The first-order valence-corrected chi connectivity index (χ1v) is 7.18. The van der Waals surface area contributed by atoms with Crippen molar-refractivity contribution < 1.29 is 9.53 Å². The van der Waals surface area contributed by atoms with E-state index in [-0.39, 0.29) is 6.09 Å². The third-order valence-electron chi connectivity index (χ3n) is 3.39. The SMILES string of the molecule is CC(C)(C)OC(=O)N1CCCc2ccc(CN)cc2C1. The van der Waals surface area contributed by atoms with Crippen LogP contribution in [-0.2, 0) is 24.2 Å². The van der Waals surface area contributed by atoms with Gasteiger partial charge in [0, 0.05) is 19.6 Å². The molecule has 0 fully saturated rings. The van der Waals surface area contributed by atoms with Gasteiger partial charge < -0.3 is 15.4 Å². The summed E-state index contributed by atoms with van der Waals surface area (Å²) in [5.41, 5.74) is 8.85. The van der Waals surface area contributed by atoms with Gasteiger partial charge in [0.1, 0.15) is 5.60 Å². The molecular weight excluding hydrogens is 252 g/mol. The highest BCUT2D eigenvalue weighted by molar-refractivity contribution is 5.68. The van der Waals surface area contributed by atoms with Gasteiger partial charge in [-0.2, -0.15) is 0 Å². The van der Waals surface area contributed by atoms with Crippen molar-refractivity contribution in [3.63, 3.8) is 0 Å². The summed E-state index contributed by atoms with van der Waals surface area (Å²) in [5, 5.41) is 0. The fourth-order valence-corrected chi connectivity index (χ4v) is 2.42. The summed E-state index contributed by atoms with van der Waals surface area (Å²) >= 11 is 0. The molecule has 110 valence electrons. The first-order chi connectivity index (χ1) is 9.39. The minimum Gasteiger partial charge on any atom is -0.444 e. The molecule has 0 radical (unpaired) electrons. The summed E-state index contributed by atoms with van der Waals surface area (Å²) in [6, 6.07) is 6.32. The monoisotopic (exact) mass is 276 g/mol. The van der Waals surface area contributed by atoms with E-state index in [4.69, 9.17) is 10.5 Å². The van der Waals surface area contributed by atoms with Gasteiger partial charge in [-0.3, -0.25) is 0 Å². The Hall–Kier alpha value is -1.55. The zero-order valence-corrected chi connectivity index (χ0v) is 12.6. The number of rotatable bonds is 1. The van der Waals surface area contributed by atoms with E-state index in [2.05, 4.69) is 18.2 Å². The maximum atomic E-state index is 12.2. The van der Waals surface area contributed by atoms with E-state index in [1.807, 2.05) is 20.8 Å². The first-order valence-electron chi connectivity index (χ1n) is 7.18. The van der Waals surface area contributed by atoms with E-state index >= 15 is 0 Å². The lowest BCUT2D eigenvalue weighted by atomic mass is 10.0. The van der Waals surface area contributed by atoms with Crippen molar-refractivity contribution >= 4 is 6.09 Å². The lowest BCUT2D eigenvalue weighted by molar-refractivity contribution is 0.0237. The summed E-state index contributed by atoms with van der Waals surface area (Å²) in [4.78, 5) is 14.0. The molecule has 20 heavy (non-hydrogen) atoms. The molecule has 1 amide bonds. The van der Waals surface area contributed by atoms with Crippen LogP contribution in [0, 0.1) is 0 Å². The van der Waals surface area contributed by atoms with Crippen LogP contribution in [0.3, 0.4) is 0 Å². The molecule has 0 unspecified atom stereocenters. The van der Waals surface area contributed by atoms with Gasteiger partial charge in [-0.1, -0.05) is 18.2 Å². The summed E-state index contributed by atoms with van der Waals surface area (Å²) in [6.07, 6.45) is 1.73. The van der Waals surface area contributed by atoms with Crippen LogP contribution >= 0.6 is 0 Å². The second-order valence-corrected chi connectivity index (χ2v) is 6.31. The summed E-state index contributed by atoms with van der Waals surface area (Å²) < 4.78 is 5.47. The Balaban J connectivity index is 2.16. The molecular formula is C16H24N2O2. The number of aryl methyl sites for hydroxylation is 1. The van der Waals surface area contributed by atoms with E-state index < -0.39 is 5.60 Å². The molecule has 0 saturated carbocycles. The Bertz CT molecular complexity index is 492. The molecule has 0 aromatic heterocycles. The predicted molar refractivity (Wildman–Crippen MR) is 79.3 cm³/mol. The Labute approximate surface area is 120 Å². The highest BCUT2D eigenvalue weighted by Crippen LogP contribution is 2.22. The zero-order chi connectivity index (χ0) is 14.8. The van der Waals surface area contributed by atoms with Gasteiger partial charge in [0.05, 0.1) is 0 Å². The predicted octanol–water partition coefficient (Wildman–Crippen LogP) is 2.83. The Morgan fingerprint density at radius 3 is 2.75 bits per heavy atom. The van der Waals surface area contributed by atoms with Gasteiger partial charge >= 0.3 is 6.09 Å². The molecule has 1 aliphatic rings. The summed E-state index contributed by atoms with van der Waals surface area (Å²) in [7, 11) is 0. The Kier molecular flexibility index (Phi) is 4.33. The molecule has 1 heterocycles. The smallest absolute Gasteiger partial charge is 0.410 e. The topological polar surface area (TPSA) is 55.6 Å². The zero-order valence-electron chi connectivity index (χ0n) is 12.6. The van der Waals surface area contributed by atoms with Gasteiger partial charge in [-0.15, -0.1) is 0 Å². The average molecular weight is 276 g/mol. The van der Waals surface area contributed by atoms with Gasteiger partial charge in [-0.25, -0.2) is 4.79 Å². The minimum atomic E-state index is -0.453. The Morgan fingerprint density at radius 2 is 2.10 bits per heavy atom. The fourth-order valence-electron chi connectivity index (χ4n) is 2.42. The molecule has 1 aromatic carbocycles. The normalized spacial score (nSPS) is 15.5. The standard InChI is InChI=1S/C16H24N2O2/c1-16(2,3)20-15(19)18-8-4-5-13-7-6-12(10-17)9-14(13)11-18/h6-7,9H,4-5,8,10-11,17H2,1-3H3. The number of carbonyl (C=O) groups is 1.